The van der Waals surface area contributed by atoms with Crippen LogP contribution in [-0.4, -0.2) is 12.6 Å². The van der Waals surface area contributed by atoms with Gasteiger partial charge in [-0.2, -0.15) is 0 Å². The number of carbonyl (C=O) groups is 1. The Morgan fingerprint density at radius 1 is 1.75 bits per heavy atom. The van der Waals surface area contributed by atoms with Gasteiger partial charge in [0.05, 0.1) is 6.61 Å². The highest BCUT2D eigenvalue weighted by molar-refractivity contribution is 5.82. The topological polar surface area (TPSA) is 26.3 Å². The molecule has 0 aromatic heterocycles. The second-order valence-corrected chi connectivity index (χ2v) is 3.40. The summed E-state index contributed by atoms with van der Waals surface area (Å²) in [5, 5.41) is 0. The molecule has 1 unspecified atom stereocenters. The SMILES string of the molecule is CCOC(=O)/C=C1/CCC(C)C1. The summed E-state index contributed by atoms with van der Waals surface area (Å²) >= 11 is 0. The summed E-state index contributed by atoms with van der Waals surface area (Å²) in [6, 6.07) is 0. The molecule has 1 saturated carbocycles. The molecule has 0 aromatic rings. The van der Waals surface area contributed by atoms with Gasteiger partial charge >= 0.3 is 5.97 Å². The molecule has 1 fully saturated rings. The fraction of sp³-hybridized carbons (Fsp3) is 0.700. The summed E-state index contributed by atoms with van der Waals surface area (Å²) in [6.07, 6.45) is 5.01. The minimum absolute atomic E-state index is 0.179. The van der Waals surface area contributed by atoms with E-state index >= 15 is 0 Å². The number of carbonyl (C=O) groups excluding carboxylic acids is 1. The molecule has 1 aliphatic carbocycles. The quantitative estimate of drug-likeness (QED) is 0.467. The summed E-state index contributed by atoms with van der Waals surface area (Å²) in [5.41, 5.74) is 1.25. The van der Waals surface area contributed by atoms with Crippen LogP contribution in [0.25, 0.3) is 0 Å². The van der Waals surface area contributed by atoms with Crippen molar-refractivity contribution in [2.24, 2.45) is 5.92 Å². The van der Waals surface area contributed by atoms with Crippen LogP contribution in [0.3, 0.4) is 0 Å². The van der Waals surface area contributed by atoms with Gasteiger partial charge in [0, 0.05) is 6.08 Å². The van der Waals surface area contributed by atoms with E-state index in [2.05, 4.69) is 6.92 Å². The maximum atomic E-state index is 11.0. The molecule has 1 rings (SSSR count). The third-order valence-electron chi connectivity index (χ3n) is 2.18. The third kappa shape index (κ3) is 2.68. The van der Waals surface area contributed by atoms with E-state index in [1.165, 1.54) is 12.0 Å². The molecule has 12 heavy (non-hydrogen) atoms. The number of ether oxygens (including phenoxy) is 1. The van der Waals surface area contributed by atoms with Crippen LogP contribution in [0.5, 0.6) is 0 Å². The lowest BCUT2D eigenvalue weighted by Crippen LogP contribution is -2.00. The molecule has 0 heterocycles. The lowest BCUT2D eigenvalue weighted by atomic mass is 10.1. The molecule has 0 bridgehead atoms. The predicted octanol–water partition coefficient (Wildman–Crippen LogP) is 2.30. The summed E-state index contributed by atoms with van der Waals surface area (Å²) < 4.78 is 4.82. The van der Waals surface area contributed by atoms with E-state index in [0.29, 0.717) is 6.61 Å². The van der Waals surface area contributed by atoms with Crippen LogP contribution in [0.15, 0.2) is 11.6 Å². The first-order chi connectivity index (χ1) is 5.72. The summed E-state index contributed by atoms with van der Waals surface area (Å²) in [5.74, 6) is 0.562. The normalized spacial score (nSPS) is 26.2. The van der Waals surface area contributed by atoms with E-state index in [1.54, 1.807) is 6.08 Å². The second kappa shape index (κ2) is 4.29. The molecule has 2 nitrogen and oxygen atoms in total. The van der Waals surface area contributed by atoms with E-state index in [-0.39, 0.29) is 5.97 Å². The molecule has 1 atom stereocenters. The van der Waals surface area contributed by atoms with E-state index in [9.17, 15) is 4.79 Å². The number of rotatable bonds is 2. The van der Waals surface area contributed by atoms with Gasteiger partial charge in [-0.05, 0) is 32.1 Å². The van der Waals surface area contributed by atoms with Crippen LogP contribution < -0.4 is 0 Å². The summed E-state index contributed by atoms with van der Waals surface area (Å²) in [7, 11) is 0. The van der Waals surface area contributed by atoms with E-state index < -0.39 is 0 Å². The van der Waals surface area contributed by atoms with Crippen LogP contribution >= 0.6 is 0 Å². The van der Waals surface area contributed by atoms with Crippen LogP contribution in [0.4, 0.5) is 0 Å². The molecule has 1 aliphatic rings. The zero-order chi connectivity index (χ0) is 8.97. The average molecular weight is 168 g/mol. The van der Waals surface area contributed by atoms with Gasteiger partial charge in [0.25, 0.3) is 0 Å². The first kappa shape index (κ1) is 9.30. The van der Waals surface area contributed by atoms with Gasteiger partial charge in [-0.15, -0.1) is 0 Å². The lowest BCUT2D eigenvalue weighted by Gasteiger charge is -1.98. The average Bonchev–Trinajstić information content (AvgIpc) is 2.36. The highest BCUT2D eigenvalue weighted by atomic mass is 16.5. The van der Waals surface area contributed by atoms with Gasteiger partial charge < -0.3 is 4.74 Å². The maximum Gasteiger partial charge on any atom is 0.330 e. The van der Waals surface area contributed by atoms with Crippen LogP contribution in [-0.2, 0) is 9.53 Å². The summed E-state index contributed by atoms with van der Waals surface area (Å²) in [6.45, 7) is 4.51. The molecule has 0 aromatic carbocycles. The van der Waals surface area contributed by atoms with Crippen molar-refractivity contribution >= 4 is 5.97 Å². The fourth-order valence-electron chi connectivity index (χ4n) is 1.57. The van der Waals surface area contributed by atoms with Gasteiger partial charge in [0.15, 0.2) is 0 Å². The molecule has 0 spiro atoms. The standard InChI is InChI=1S/C10H16O2/c1-3-12-10(11)7-9-5-4-8(2)6-9/h7-8H,3-6H2,1-2H3/b9-7-. The van der Waals surface area contributed by atoms with Gasteiger partial charge in [-0.25, -0.2) is 4.79 Å². The van der Waals surface area contributed by atoms with E-state index in [1.807, 2.05) is 6.92 Å². The highest BCUT2D eigenvalue weighted by Crippen LogP contribution is 2.29. The molecular weight excluding hydrogens is 152 g/mol. The monoisotopic (exact) mass is 168 g/mol. The predicted molar refractivity (Wildman–Crippen MR) is 47.7 cm³/mol. The number of hydrogen-bond donors (Lipinski definition) is 0. The maximum absolute atomic E-state index is 11.0. The largest absolute Gasteiger partial charge is 0.463 e. The lowest BCUT2D eigenvalue weighted by molar-refractivity contribution is -0.137. The van der Waals surface area contributed by atoms with Crippen molar-refractivity contribution in [2.75, 3.05) is 6.61 Å². The van der Waals surface area contributed by atoms with E-state index in [4.69, 9.17) is 4.74 Å². The first-order valence-corrected chi connectivity index (χ1v) is 4.58. The Morgan fingerprint density at radius 3 is 3.00 bits per heavy atom. The minimum atomic E-state index is -0.179. The van der Waals surface area contributed by atoms with Gasteiger partial charge in [0.1, 0.15) is 0 Å². The molecule has 2 heteroatoms. The fourth-order valence-corrected chi connectivity index (χ4v) is 1.57. The van der Waals surface area contributed by atoms with Crippen molar-refractivity contribution < 1.29 is 9.53 Å². The molecule has 68 valence electrons. The van der Waals surface area contributed by atoms with Crippen molar-refractivity contribution in [1.29, 1.82) is 0 Å². The Kier molecular flexibility index (Phi) is 3.32. The first-order valence-electron chi connectivity index (χ1n) is 4.58. The minimum Gasteiger partial charge on any atom is -0.463 e. The zero-order valence-electron chi connectivity index (χ0n) is 7.80. The Balaban J connectivity index is 2.41. The Bertz CT molecular complexity index is 194. The van der Waals surface area contributed by atoms with Crippen LogP contribution in [0, 0.1) is 5.92 Å². The van der Waals surface area contributed by atoms with Crippen molar-refractivity contribution in [3.05, 3.63) is 11.6 Å². The van der Waals surface area contributed by atoms with Crippen molar-refractivity contribution in [1.82, 2.24) is 0 Å². The summed E-state index contributed by atoms with van der Waals surface area (Å²) in [4.78, 5) is 11.0. The number of hydrogen-bond acceptors (Lipinski definition) is 2. The van der Waals surface area contributed by atoms with Crippen LogP contribution in [0.1, 0.15) is 33.1 Å². The third-order valence-corrected chi connectivity index (χ3v) is 2.18. The molecule has 0 amide bonds. The molecule has 0 saturated heterocycles. The number of esters is 1. The Morgan fingerprint density at radius 2 is 2.50 bits per heavy atom. The Labute approximate surface area is 73.6 Å². The molecule has 0 N–H and O–H groups in total. The zero-order valence-corrected chi connectivity index (χ0v) is 7.80. The van der Waals surface area contributed by atoms with Gasteiger partial charge in [-0.1, -0.05) is 12.5 Å². The van der Waals surface area contributed by atoms with Crippen molar-refractivity contribution in [3.8, 4) is 0 Å². The van der Waals surface area contributed by atoms with Crippen molar-refractivity contribution in [2.45, 2.75) is 33.1 Å². The van der Waals surface area contributed by atoms with Crippen LogP contribution in [0.2, 0.25) is 0 Å². The molecule has 0 radical (unpaired) electrons. The Hall–Kier alpha value is -0.790. The second-order valence-electron chi connectivity index (χ2n) is 3.40. The number of allylic oxidation sites excluding steroid dienone is 1. The highest BCUT2D eigenvalue weighted by Gasteiger charge is 2.15. The van der Waals surface area contributed by atoms with E-state index in [0.717, 1.165) is 18.8 Å². The smallest absolute Gasteiger partial charge is 0.330 e. The van der Waals surface area contributed by atoms with Gasteiger partial charge in [0.2, 0.25) is 0 Å². The molecular formula is C10H16O2. The van der Waals surface area contributed by atoms with Gasteiger partial charge in [-0.3, -0.25) is 0 Å². The molecule has 0 aliphatic heterocycles. The van der Waals surface area contributed by atoms with Crippen molar-refractivity contribution in [3.63, 3.8) is 0 Å².